The fraction of sp³-hybridized carbons (Fsp3) is 0.316. The molecule has 0 N–H and O–H groups in total. The van der Waals surface area contributed by atoms with Crippen LogP contribution in [0.1, 0.15) is 18.6 Å². The average Bonchev–Trinajstić information content (AvgIpc) is 2.64. The number of halogens is 3. The van der Waals surface area contributed by atoms with E-state index in [1.54, 1.807) is 42.2 Å². The van der Waals surface area contributed by atoms with E-state index in [4.69, 9.17) is 32.7 Å². The molecule has 4 nitrogen and oxygen atoms in total. The lowest BCUT2D eigenvalue weighted by atomic mass is 10.1. The third-order valence-electron chi connectivity index (χ3n) is 4.17. The molecule has 0 radical (unpaired) electrons. The predicted molar refractivity (Wildman–Crippen MR) is 98.2 cm³/mol. The van der Waals surface area contributed by atoms with E-state index in [9.17, 15) is 9.18 Å². The van der Waals surface area contributed by atoms with Crippen molar-refractivity contribution in [1.82, 2.24) is 4.90 Å². The topological polar surface area (TPSA) is 38.8 Å². The summed E-state index contributed by atoms with van der Waals surface area (Å²) in [6.07, 6.45) is -1.000. The molecule has 7 heteroatoms. The Labute approximate surface area is 161 Å². The second-order valence-electron chi connectivity index (χ2n) is 6.03. The average molecular weight is 398 g/mol. The van der Waals surface area contributed by atoms with Crippen molar-refractivity contribution in [3.8, 4) is 5.75 Å². The summed E-state index contributed by atoms with van der Waals surface area (Å²) in [5.74, 6) is -0.0638. The van der Waals surface area contributed by atoms with E-state index in [0.717, 1.165) is 5.56 Å². The van der Waals surface area contributed by atoms with E-state index >= 15 is 0 Å². The first-order chi connectivity index (χ1) is 12.4. The van der Waals surface area contributed by atoms with Crippen molar-refractivity contribution in [2.75, 3.05) is 19.7 Å². The highest BCUT2D eigenvalue weighted by Crippen LogP contribution is 2.29. The van der Waals surface area contributed by atoms with Gasteiger partial charge in [0.1, 0.15) is 17.7 Å². The van der Waals surface area contributed by atoms with Gasteiger partial charge in [-0.1, -0.05) is 35.3 Å². The molecule has 1 fully saturated rings. The minimum absolute atomic E-state index is 0.161. The van der Waals surface area contributed by atoms with Gasteiger partial charge in [-0.25, -0.2) is 4.39 Å². The summed E-state index contributed by atoms with van der Waals surface area (Å²) < 4.78 is 24.5. The number of amides is 1. The Hall–Kier alpha value is -1.82. The third-order valence-corrected chi connectivity index (χ3v) is 4.70. The maximum absolute atomic E-state index is 13.1. The van der Waals surface area contributed by atoms with Crippen molar-refractivity contribution >= 4 is 29.1 Å². The van der Waals surface area contributed by atoms with E-state index in [2.05, 4.69) is 0 Å². The maximum atomic E-state index is 13.1. The first kappa shape index (κ1) is 19.0. The highest BCUT2D eigenvalue weighted by molar-refractivity contribution is 6.35. The van der Waals surface area contributed by atoms with Crippen LogP contribution in [-0.4, -0.2) is 36.6 Å². The minimum Gasteiger partial charge on any atom is -0.479 e. The molecule has 0 saturated carbocycles. The normalized spacial score (nSPS) is 18.5. The van der Waals surface area contributed by atoms with E-state index in [1.165, 1.54) is 12.1 Å². The lowest BCUT2D eigenvalue weighted by Gasteiger charge is -2.34. The molecular formula is C19H18Cl2FNO3. The molecule has 0 unspecified atom stereocenters. The van der Waals surface area contributed by atoms with Crippen LogP contribution in [0.25, 0.3) is 0 Å². The van der Waals surface area contributed by atoms with Crippen LogP contribution in [0.15, 0.2) is 42.5 Å². The van der Waals surface area contributed by atoms with Crippen molar-refractivity contribution in [2.24, 2.45) is 0 Å². The molecule has 138 valence electrons. The van der Waals surface area contributed by atoms with Crippen LogP contribution < -0.4 is 4.74 Å². The van der Waals surface area contributed by atoms with Gasteiger partial charge < -0.3 is 14.4 Å². The van der Waals surface area contributed by atoms with Gasteiger partial charge in [0.15, 0.2) is 6.10 Å². The number of carbonyl (C=O) groups is 1. The fourth-order valence-electron chi connectivity index (χ4n) is 2.80. The maximum Gasteiger partial charge on any atom is 0.263 e. The zero-order valence-electron chi connectivity index (χ0n) is 14.1. The smallest absolute Gasteiger partial charge is 0.263 e. The molecule has 1 amide bonds. The van der Waals surface area contributed by atoms with Crippen LogP contribution in [0.5, 0.6) is 5.75 Å². The van der Waals surface area contributed by atoms with Crippen molar-refractivity contribution in [3.05, 3.63) is 63.9 Å². The van der Waals surface area contributed by atoms with Crippen molar-refractivity contribution in [1.29, 1.82) is 0 Å². The Morgan fingerprint density at radius 1 is 1.27 bits per heavy atom. The predicted octanol–water partition coefficient (Wildman–Crippen LogP) is 4.50. The number of hydrogen-bond donors (Lipinski definition) is 0. The molecule has 1 aliphatic heterocycles. The Kier molecular flexibility index (Phi) is 6.01. The highest BCUT2D eigenvalue weighted by atomic mass is 35.5. The van der Waals surface area contributed by atoms with E-state index < -0.39 is 6.10 Å². The standard InChI is InChI=1S/C19H18Cl2FNO3/c1-12(26-17-7-4-14(20)10-16(17)21)19(24)23-8-9-25-18(11-23)13-2-5-15(22)6-3-13/h2-7,10,12,18H,8-9,11H2,1H3/t12-,18+/m0/s1. The SMILES string of the molecule is C[C@H](Oc1ccc(Cl)cc1Cl)C(=O)N1CCO[C@@H](c2ccc(F)cc2)C1. The molecule has 1 saturated heterocycles. The van der Waals surface area contributed by atoms with Crippen LogP contribution in [0, 0.1) is 5.82 Å². The quantitative estimate of drug-likeness (QED) is 0.762. The van der Waals surface area contributed by atoms with Crippen LogP contribution >= 0.6 is 23.2 Å². The number of carbonyl (C=O) groups excluding carboxylic acids is 1. The molecule has 2 atom stereocenters. The molecule has 2 aromatic rings. The van der Waals surface area contributed by atoms with E-state index in [-0.39, 0.29) is 17.8 Å². The van der Waals surface area contributed by atoms with Crippen LogP contribution in [-0.2, 0) is 9.53 Å². The molecule has 0 spiro atoms. The molecule has 1 heterocycles. The lowest BCUT2D eigenvalue weighted by molar-refractivity contribution is -0.145. The first-order valence-electron chi connectivity index (χ1n) is 8.21. The molecule has 0 aromatic heterocycles. The van der Waals surface area contributed by atoms with Gasteiger partial charge in [-0.2, -0.15) is 0 Å². The van der Waals surface area contributed by atoms with Gasteiger partial charge in [-0.05, 0) is 42.8 Å². The Morgan fingerprint density at radius 3 is 2.69 bits per heavy atom. The molecule has 0 aliphatic carbocycles. The zero-order chi connectivity index (χ0) is 18.7. The number of benzene rings is 2. The van der Waals surface area contributed by atoms with Crippen molar-refractivity contribution in [2.45, 2.75) is 19.1 Å². The van der Waals surface area contributed by atoms with Crippen molar-refractivity contribution < 1.29 is 18.7 Å². The van der Waals surface area contributed by atoms with Gasteiger partial charge in [-0.15, -0.1) is 0 Å². The number of ether oxygens (including phenoxy) is 2. The number of nitrogens with zero attached hydrogens (tertiary/aromatic N) is 1. The van der Waals surface area contributed by atoms with Gasteiger partial charge >= 0.3 is 0 Å². The first-order valence-corrected chi connectivity index (χ1v) is 8.97. The molecule has 1 aliphatic rings. The third kappa shape index (κ3) is 4.47. The molecule has 0 bridgehead atoms. The summed E-state index contributed by atoms with van der Waals surface area (Å²) in [4.78, 5) is 14.4. The largest absolute Gasteiger partial charge is 0.479 e. The van der Waals surface area contributed by atoms with Crippen LogP contribution in [0.2, 0.25) is 10.0 Å². The van der Waals surface area contributed by atoms with Gasteiger partial charge in [0.25, 0.3) is 5.91 Å². The molecular weight excluding hydrogens is 380 g/mol. The van der Waals surface area contributed by atoms with Gasteiger partial charge in [0.05, 0.1) is 18.2 Å². The highest BCUT2D eigenvalue weighted by Gasteiger charge is 2.29. The van der Waals surface area contributed by atoms with Gasteiger partial charge in [0, 0.05) is 11.6 Å². The van der Waals surface area contributed by atoms with Crippen LogP contribution in [0.3, 0.4) is 0 Å². The summed E-state index contributed by atoms with van der Waals surface area (Å²) >= 11 is 12.0. The molecule has 3 rings (SSSR count). The Bertz CT molecular complexity index is 785. The fourth-order valence-corrected chi connectivity index (χ4v) is 3.25. The van der Waals surface area contributed by atoms with E-state index in [0.29, 0.717) is 35.5 Å². The summed E-state index contributed by atoms with van der Waals surface area (Å²) in [5, 5.41) is 0.847. The van der Waals surface area contributed by atoms with Crippen LogP contribution in [0.4, 0.5) is 4.39 Å². The second kappa shape index (κ2) is 8.25. The van der Waals surface area contributed by atoms with Gasteiger partial charge in [0.2, 0.25) is 0 Å². The van der Waals surface area contributed by atoms with E-state index in [1.807, 2.05) is 0 Å². The molecule has 2 aromatic carbocycles. The monoisotopic (exact) mass is 397 g/mol. The Balaban J connectivity index is 1.65. The number of rotatable bonds is 4. The summed E-state index contributed by atoms with van der Waals surface area (Å²) in [6, 6.07) is 11.0. The minimum atomic E-state index is -0.708. The Morgan fingerprint density at radius 2 is 2.00 bits per heavy atom. The summed E-state index contributed by atoms with van der Waals surface area (Å²) in [5.41, 5.74) is 0.832. The summed E-state index contributed by atoms with van der Waals surface area (Å²) in [7, 11) is 0. The zero-order valence-corrected chi connectivity index (χ0v) is 15.6. The van der Waals surface area contributed by atoms with Crippen molar-refractivity contribution in [3.63, 3.8) is 0 Å². The second-order valence-corrected chi connectivity index (χ2v) is 6.87. The number of hydrogen-bond acceptors (Lipinski definition) is 3. The summed E-state index contributed by atoms with van der Waals surface area (Å²) in [6.45, 7) is 2.93. The number of morpholine rings is 1. The lowest BCUT2D eigenvalue weighted by Crippen LogP contribution is -2.47. The van der Waals surface area contributed by atoms with Gasteiger partial charge in [-0.3, -0.25) is 4.79 Å². The molecule has 26 heavy (non-hydrogen) atoms.